The monoisotopic (exact) mass is 255 g/mol. The fourth-order valence-corrected chi connectivity index (χ4v) is 2.62. The minimum absolute atomic E-state index is 0.0176. The predicted molar refractivity (Wildman–Crippen MR) is 71.2 cm³/mol. The lowest BCUT2D eigenvalue weighted by Crippen LogP contribution is -2.31. The van der Waals surface area contributed by atoms with Gasteiger partial charge in [-0.3, -0.25) is 4.79 Å². The Morgan fingerprint density at radius 1 is 1.59 bits per heavy atom. The molecular formula is C12H21N3OS. The summed E-state index contributed by atoms with van der Waals surface area (Å²) in [6.07, 6.45) is 2.16. The van der Waals surface area contributed by atoms with Crippen LogP contribution in [0.15, 0.2) is 0 Å². The van der Waals surface area contributed by atoms with Gasteiger partial charge in [-0.05, 0) is 20.3 Å². The maximum Gasteiger partial charge on any atom is 0.221 e. The minimum atomic E-state index is -0.0798. The molecule has 0 bridgehead atoms. The molecule has 1 aromatic heterocycles. The number of hydrogen-bond acceptors (Lipinski definition) is 4. The standard InChI is InChI=1S/C12H21N3OS/c1-4-10-9(3)17-12(15-10)5-6-14-11(16)7-8(2)13/h8H,4-7,13H2,1-3H3,(H,14,16). The molecule has 0 radical (unpaired) electrons. The van der Waals surface area contributed by atoms with Crippen LogP contribution in [-0.2, 0) is 17.6 Å². The number of aromatic nitrogens is 1. The van der Waals surface area contributed by atoms with Crippen LogP contribution in [0.2, 0.25) is 0 Å². The third-order valence-corrected chi connectivity index (χ3v) is 3.51. The van der Waals surface area contributed by atoms with E-state index in [1.165, 1.54) is 10.6 Å². The first-order valence-electron chi connectivity index (χ1n) is 6.00. The van der Waals surface area contributed by atoms with E-state index < -0.39 is 0 Å². The number of amides is 1. The van der Waals surface area contributed by atoms with Crippen LogP contribution in [0.1, 0.15) is 35.8 Å². The van der Waals surface area contributed by atoms with Crippen molar-refractivity contribution in [1.82, 2.24) is 10.3 Å². The number of rotatable bonds is 6. The fraction of sp³-hybridized carbons (Fsp3) is 0.667. The lowest BCUT2D eigenvalue weighted by Gasteiger charge is -2.05. The molecule has 1 aromatic rings. The minimum Gasteiger partial charge on any atom is -0.356 e. The molecule has 96 valence electrons. The van der Waals surface area contributed by atoms with Crippen molar-refractivity contribution >= 4 is 17.2 Å². The molecule has 0 saturated carbocycles. The van der Waals surface area contributed by atoms with E-state index in [0.29, 0.717) is 13.0 Å². The second-order valence-electron chi connectivity index (χ2n) is 4.25. The molecule has 1 rings (SSSR count). The van der Waals surface area contributed by atoms with E-state index in [1.54, 1.807) is 11.3 Å². The normalized spacial score (nSPS) is 12.5. The van der Waals surface area contributed by atoms with Crippen molar-refractivity contribution in [3.63, 3.8) is 0 Å². The fourth-order valence-electron chi connectivity index (χ4n) is 1.60. The Bertz CT molecular complexity index is 374. The van der Waals surface area contributed by atoms with E-state index in [9.17, 15) is 4.79 Å². The van der Waals surface area contributed by atoms with Crippen molar-refractivity contribution in [3.05, 3.63) is 15.6 Å². The average Bonchev–Trinajstić information content (AvgIpc) is 2.57. The molecule has 0 aliphatic carbocycles. The van der Waals surface area contributed by atoms with Gasteiger partial charge >= 0.3 is 0 Å². The molecule has 4 nitrogen and oxygen atoms in total. The zero-order valence-electron chi connectivity index (χ0n) is 10.7. The van der Waals surface area contributed by atoms with E-state index in [1.807, 2.05) is 6.92 Å². The maximum absolute atomic E-state index is 11.4. The van der Waals surface area contributed by atoms with Crippen LogP contribution in [0.3, 0.4) is 0 Å². The zero-order valence-corrected chi connectivity index (χ0v) is 11.6. The molecule has 1 unspecified atom stereocenters. The van der Waals surface area contributed by atoms with Gasteiger partial charge in [0.2, 0.25) is 5.91 Å². The molecule has 0 aromatic carbocycles. The Morgan fingerprint density at radius 3 is 2.82 bits per heavy atom. The summed E-state index contributed by atoms with van der Waals surface area (Å²) >= 11 is 1.72. The maximum atomic E-state index is 11.4. The average molecular weight is 255 g/mol. The van der Waals surface area contributed by atoms with Gasteiger partial charge in [-0.15, -0.1) is 11.3 Å². The van der Waals surface area contributed by atoms with Crippen molar-refractivity contribution in [1.29, 1.82) is 0 Å². The van der Waals surface area contributed by atoms with Crippen LogP contribution in [0.4, 0.5) is 0 Å². The number of carbonyl (C=O) groups is 1. The molecular weight excluding hydrogens is 234 g/mol. The molecule has 17 heavy (non-hydrogen) atoms. The number of nitrogens with one attached hydrogen (secondary N) is 1. The number of nitrogens with two attached hydrogens (primary N) is 1. The quantitative estimate of drug-likeness (QED) is 0.807. The van der Waals surface area contributed by atoms with Crippen LogP contribution < -0.4 is 11.1 Å². The van der Waals surface area contributed by atoms with Crippen molar-refractivity contribution in [2.24, 2.45) is 5.73 Å². The summed E-state index contributed by atoms with van der Waals surface area (Å²) in [5.41, 5.74) is 6.72. The topological polar surface area (TPSA) is 68.0 Å². The first kappa shape index (κ1) is 14.1. The van der Waals surface area contributed by atoms with Crippen LogP contribution in [-0.4, -0.2) is 23.5 Å². The Hall–Kier alpha value is -0.940. The van der Waals surface area contributed by atoms with E-state index in [2.05, 4.69) is 24.1 Å². The highest BCUT2D eigenvalue weighted by molar-refractivity contribution is 7.11. The molecule has 3 N–H and O–H groups in total. The van der Waals surface area contributed by atoms with Gasteiger partial charge in [-0.2, -0.15) is 0 Å². The number of carbonyl (C=O) groups excluding carboxylic acids is 1. The lowest BCUT2D eigenvalue weighted by molar-refractivity contribution is -0.121. The molecule has 1 amide bonds. The number of aryl methyl sites for hydroxylation is 2. The smallest absolute Gasteiger partial charge is 0.221 e. The number of hydrogen-bond donors (Lipinski definition) is 2. The molecule has 5 heteroatoms. The van der Waals surface area contributed by atoms with E-state index in [4.69, 9.17) is 5.73 Å². The van der Waals surface area contributed by atoms with Crippen molar-refractivity contribution in [2.45, 2.75) is 46.1 Å². The van der Waals surface area contributed by atoms with Gasteiger partial charge in [0.25, 0.3) is 0 Å². The summed E-state index contributed by atoms with van der Waals surface area (Å²) in [7, 11) is 0. The van der Waals surface area contributed by atoms with Gasteiger partial charge in [0, 0.05) is 30.3 Å². The highest BCUT2D eigenvalue weighted by atomic mass is 32.1. The van der Waals surface area contributed by atoms with Gasteiger partial charge < -0.3 is 11.1 Å². The van der Waals surface area contributed by atoms with Crippen LogP contribution in [0.25, 0.3) is 0 Å². The summed E-state index contributed by atoms with van der Waals surface area (Å²) in [6, 6.07) is -0.0798. The largest absolute Gasteiger partial charge is 0.356 e. The van der Waals surface area contributed by atoms with Gasteiger partial charge in [0.1, 0.15) is 0 Å². The van der Waals surface area contributed by atoms with Crippen LogP contribution in [0.5, 0.6) is 0 Å². The molecule has 1 heterocycles. The van der Waals surface area contributed by atoms with E-state index in [0.717, 1.165) is 17.8 Å². The van der Waals surface area contributed by atoms with E-state index in [-0.39, 0.29) is 11.9 Å². The van der Waals surface area contributed by atoms with Gasteiger partial charge in [0.15, 0.2) is 0 Å². The Labute approximate surface area is 107 Å². The number of thiazole rings is 1. The van der Waals surface area contributed by atoms with Crippen LogP contribution in [0, 0.1) is 6.92 Å². The summed E-state index contributed by atoms with van der Waals surface area (Å²) in [5, 5.41) is 3.95. The molecule has 1 atom stereocenters. The van der Waals surface area contributed by atoms with Gasteiger partial charge in [-0.1, -0.05) is 6.92 Å². The van der Waals surface area contributed by atoms with Crippen LogP contribution >= 0.6 is 11.3 Å². The molecule has 0 aliphatic rings. The number of nitrogens with zero attached hydrogens (tertiary/aromatic N) is 1. The molecule has 0 saturated heterocycles. The summed E-state index contributed by atoms with van der Waals surface area (Å²) in [5.74, 6) is 0.0176. The van der Waals surface area contributed by atoms with Gasteiger partial charge in [0.05, 0.1) is 10.7 Å². The molecule has 0 fully saturated rings. The van der Waals surface area contributed by atoms with Gasteiger partial charge in [-0.25, -0.2) is 4.98 Å². The van der Waals surface area contributed by atoms with Crippen molar-refractivity contribution < 1.29 is 4.79 Å². The third-order valence-electron chi connectivity index (χ3n) is 2.44. The van der Waals surface area contributed by atoms with Crippen molar-refractivity contribution in [3.8, 4) is 0 Å². The Balaban J connectivity index is 2.33. The van der Waals surface area contributed by atoms with Crippen molar-refractivity contribution in [2.75, 3.05) is 6.54 Å². The highest BCUT2D eigenvalue weighted by Gasteiger charge is 2.07. The summed E-state index contributed by atoms with van der Waals surface area (Å²) in [6.45, 7) is 6.67. The summed E-state index contributed by atoms with van der Waals surface area (Å²) in [4.78, 5) is 17.2. The SMILES string of the molecule is CCc1nc(CCNC(=O)CC(C)N)sc1C. The molecule has 0 spiro atoms. The Morgan fingerprint density at radius 2 is 2.29 bits per heavy atom. The van der Waals surface area contributed by atoms with E-state index >= 15 is 0 Å². The first-order valence-corrected chi connectivity index (χ1v) is 6.82. The first-order chi connectivity index (χ1) is 8.02. The highest BCUT2D eigenvalue weighted by Crippen LogP contribution is 2.17. The Kier molecular flexibility index (Phi) is 5.58. The zero-order chi connectivity index (χ0) is 12.8. The lowest BCUT2D eigenvalue weighted by atomic mass is 10.2. The molecule has 0 aliphatic heterocycles. The predicted octanol–water partition coefficient (Wildman–Crippen LogP) is 1.41. The summed E-state index contributed by atoms with van der Waals surface area (Å²) < 4.78 is 0. The third kappa shape index (κ3) is 4.83. The second-order valence-corrected chi connectivity index (χ2v) is 5.53. The second kappa shape index (κ2) is 6.71.